The maximum atomic E-state index is 5.88. The fourth-order valence-electron chi connectivity index (χ4n) is 3.17. The lowest BCUT2D eigenvalue weighted by atomic mass is 10.0. The molecule has 0 radical (unpaired) electrons. The van der Waals surface area contributed by atoms with Crippen molar-refractivity contribution >= 4 is 23.7 Å². The second kappa shape index (κ2) is 9.17. The molecule has 1 unspecified atom stereocenters. The summed E-state index contributed by atoms with van der Waals surface area (Å²) in [5, 5.41) is 6.54. The van der Waals surface area contributed by atoms with Gasteiger partial charge in [-0.3, -0.25) is 0 Å². The summed E-state index contributed by atoms with van der Waals surface area (Å²) in [5.41, 5.74) is 3.79. The Labute approximate surface area is 164 Å². The van der Waals surface area contributed by atoms with E-state index in [0.29, 0.717) is 6.04 Å². The van der Waals surface area contributed by atoms with Gasteiger partial charge in [-0.2, -0.15) is 0 Å². The van der Waals surface area contributed by atoms with Crippen LogP contribution in [-0.2, 0) is 6.42 Å². The molecule has 136 valence electrons. The number of rotatable bonds is 6. The fraction of sp³-hybridized carbons (Fsp3) is 0.286. The smallest absolute Gasteiger partial charge is 0.123 e. The first-order valence-electron chi connectivity index (χ1n) is 8.81. The molecule has 3 nitrogen and oxygen atoms in total. The molecule has 0 spiro atoms. The normalized spacial score (nSPS) is 16.2. The molecule has 4 rings (SSSR count). The minimum Gasteiger partial charge on any atom is -0.492 e. The van der Waals surface area contributed by atoms with E-state index in [0.717, 1.165) is 30.3 Å². The van der Waals surface area contributed by atoms with Crippen LogP contribution in [0.15, 0.2) is 60.1 Å². The largest absolute Gasteiger partial charge is 0.492 e. The van der Waals surface area contributed by atoms with Gasteiger partial charge in [0, 0.05) is 23.2 Å². The molecule has 0 bridgehead atoms. The number of hydrogen-bond acceptors (Lipinski definition) is 4. The van der Waals surface area contributed by atoms with Crippen molar-refractivity contribution in [1.82, 2.24) is 10.3 Å². The Morgan fingerprint density at radius 3 is 2.38 bits per heavy atom. The van der Waals surface area contributed by atoms with Crippen molar-refractivity contribution < 1.29 is 4.74 Å². The van der Waals surface area contributed by atoms with E-state index in [1.807, 2.05) is 11.6 Å². The lowest BCUT2D eigenvalue weighted by Crippen LogP contribution is -2.28. The molecule has 1 atom stereocenters. The first kappa shape index (κ1) is 18.9. The summed E-state index contributed by atoms with van der Waals surface area (Å²) in [6.45, 7) is 1.88. The average molecular weight is 387 g/mol. The zero-order valence-electron chi connectivity index (χ0n) is 14.6. The van der Waals surface area contributed by atoms with E-state index in [9.17, 15) is 0 Å². The van der Waals surface area contributed by atoms with E-state index in [1.54, 1.807) is 11.3 Å². The maximum absolute atomic E-state index is 5.88. The van der Waals surface area contributed by atoms with Crippen LogP contribution in [0.2, 0.25) is 0 Å². The predicted molar refractivity (Wildman–Crippen MR) is 111 cm³/mol. The number of nitrogens with one attached hydrogen (secondary N) is 1. The number of halogens is 1. The van der Waals surface area contributed by atoms with Crippen LogP contribution < -0.4 is 10.1 Å². The molecule has 1 aliphatic heterocycles. The second-order valence-electron chi connectivity index (χ2n) is 6.46. The standard InChI is InChI=1S/C21H22N2OS.ClH/c1-2-19(22-11-1)15-24-20-9-5-17(6-10-20)14-16-3-7-18(8-4-16)21-23-12-13-25-21;/h3-10,12-13,19,22H,1-2,11,14-15H2;1H. The molecule has 0 amide bonds. The van der Waals surface area contributed by atoms with Crippen LogP contribution in [0, 0.1) is 0 Å². The molecule has 1 aromatic heterocycles. The summed E-state index contributed by atoms with van der Waals surface area (Å²) in [4.78, 5) is 4.36. The van der Waals surface area contributed by atoms with Crippen molar-refractivity contribution in [3.63, 3.8) is 0 Å². The van der Waals surface area contributed by atoms with Gasteiger partial charge in [0.2, 0.25) is 0 Å². The van der Waals surface area contributed by atoms with Crippen molar-refractivity contribution in [2.75, 3.05) is 13.2 Å². The van der Waals surface area contributed by atoms with Gasteiger partial charge in [-0.25, -0.2) is 4.98 Å². The predicted octanol–water partition coefficient (Wildman–Crippen LogP) is 4.95. The maximum Gasteiger partial charge on any atom is 0.123 e. The Morgan fingerprint density at radius 2 is 1.77 bits per heavy atom. The van der Waals surface area contributed by atoms with Crippen LogP contribution in [0.5, 0.6) is 5.75 Å². The number of hydrogen-bond donors (Lipinski definition) is 1. The molecule has 5 heteroatoms. The van der Waals surface area contributed by atoms with Crippen molar-refractivity contribution in [2.24, 2.45) is 0 Å². The molecular weight excluding hydrogens is 364 g/mol. The van der Waals surface area contributed by atoms with Crippen LogP contribution in [0.1, 0.15) is 24.0 Å². The Hall–Kier alpha value is -1.88. The van der Waals surface area contributed by atoms with Gasteiger partial charge in [0.15, 0.2) is 0 Å². The first-order chi connectivity index (χ1) is 12.4. The van der Waals surface area contributed by atoms with Gasteiger partial charge in [0.1, 0.15) is 17.4 Å². The third-order valence-corrected chi connectivity index (χ3v) is 5.40. The molecule has 1 saturated heterocycles. The summed E-state index contributed by atoms with van der Waals surface area (Å²) in [5.74, 6) is 0.955. The van der Waals surface area contributed by atoms with Crippen molar-refractivity contribution in [2.45, 2.75) is 25.3 Å². The van der Waals surface area contributed by atoms with Gasteiger partial charge in [-0.1, -0.05) is 36.4 Å². The average Bonchev–Trinajstić information content (AvgIpc) is 3.36. The third-order valence-electron chi connectivity index (χ3n) is 4.58. The van der Waals surface area contributed by atoms with Gasteiger partial charge < -0.3 is 10.1 Å². The van der Waals surface area contributed by atoms with Crippen LogP contribution in [0.3, 0.4) is 0 Å². The number of ether oxygens (including phenoxy) is 1. The molecule has 0 saturated carbocycles. The highest BCUT2D eigenvalue weighted by molar-refractivity contribution is 7.13. The van der Waals surface area contributed by atoms with E-state index in [2.05, 4.69) is 58.8 Å². The fourth-order valence-corrected chi connectivity index (χ4v) is 3.81. The van der Waals surface area contributed by atoms with Gasteiger partial charge in [0.05, 0.1) is 0 Å². The summed E-state index contributed by atoms with van der Waals surface area (Å²) >= 11 is 1.67. The Bertz CT molecular complexity index is 782. The quantitative estimate of drug-likeness (QED) is 0.650. The monoisotopic (exact) mass is 386 g/mol. The summed E-state index contributed by atoms with van der Waals surface area (Å²) in [6, 6.07) is 17.7. The number of aromatic nitrogens is 1. The summed E-state index contributed by atoms with van der Waals surface area (Å²) in [6.07, 6.45) is 5.26. The summed E-state index contributed by atoms with van der Waals surface area (Å²) < 4.78 is 5.88. The first-order valence-corrected chi connectivity index (χ1v) is 9.69. The molecule has 1 fully saturated rings. The van der Waals surface area contributed by atoms with E-state index in [1.165, 1.54) is 29.5 Å². The molecule has 1 N–H and O–H groups in total. The molecule has 1 aliphatic rings. The van der Waals surface area contributed by atoms with Crippen molar-refractivity contribution in [3.8, 4) is 16.3 Å². The Balaban J connectivity index is 0.00000196. The number of benzene rings is 2. The molecule has 26 heavy (non-hydrogen) atoms. The lowest BCUT2D eigenvalue weighted by Gasteiger charge is -2.12. The van der Waals surface area contributed by atoms with Gasteiger partial charge in [-0.15, -0.1) is 23.7 Å². The van der Waals surface area contributed by atoms with Crippen LogP contribution in [0.25, 0.3) is 10.6 Å². The number of nitrogens with zero attached hydrogens (tertiary/aromatic N) is 1. The molecular formula is C21H23ClN2OS. The zero-order chi connectivity index (χ0) is 16.9. The van der Waals surface area contributed by atoms with E-state index >= 15 is 0 Å². The van der Waals surface area contributed by atoms with Crippen LogP contribution in [0.4, 0.5) is 0 Å². The van der Waals surface area contributed by atoms with Crippen molar-refractivity contribution in [1.29, 1.82) is 0 Å². The minimum atomic E-state index is 0. The third kappa shape index (κ3) is 4.85. The topological polar surface area (TPSA) is 34.1 Å². The van der Waals surface area contributed by atoms with E-state index in [-0.39, 0.29) is 12.4 Å². The molecule has 2 aromatic carbocycles. The van der Waals surface area contributed by atoms with E-state index < -0.39 is 0 Å². The molecule has 3 aromatic rings. The highest BCUT2D eigenvalue weighted by Crippen LogP contribution is 2.23. The minimum absolute atomic E-state index is 0. The molecule has 0 aliphatic carbocycles. The SMILES string of the molecule is Cl.c1csc(-c2ccc(Cc3ccc(OCC4CCCN4)cc3)cc2)n1. The molecule has 2 heterocycles. The van der Waals surface area contributed by atoms with Gasteiger partial charge >= 0.3 is 0 Å². The second-order valence-corrected chi connectivity index (χ2v) is 7.35. The number of thiazole rings is 1. The van der Waals surface area contributed by atoms with Crippen LogP contribution >= 0.6 is 23.7 Å². The Kier molecular flexibility index (Phi) is 6.67. The summed E-state index contributed by atoms with van der Waals surface area (Å²) in [7, 11) is 0. The highest BCUT2D eigenvalue weighted by atomic mass is 35.5. The van der Waals surface area contributed by atoms with Crippen LogP contribution in [-0.4, -0.2) is 24.2 Å². The lowest BCUT2D eigenvalue weighted by molar-refractivity contribution is 0.277. The van der Waals surface area contributed by atoms with Gasteiger partial charge in [-0.05, 0) is 49.1 Å². The van der Waals surface area contributed by atoms with Crippen molar-refractivity contribution in [3.05, 3.63) is 71.2 Å². The van der Waals surface area contributed by atoms with E-state index in [4.69, 9.17) is 4.74 Å². The van der Waals surface area contributed by atoms with Gasteiger partial charge in [0.25, 0.3) is 0 Å². The Morgan fingerprint density at radius 1 is 1.04 bits per heavy atom. The highest BCUT2D eigenvalue weighted by Gasteiger charge is 2.14. The zero-order valence-corrected chi connectivity index (χ0v) is 16.2.